The summed E-state index contributed by atoms with van der Waals surface area (Å²) < 4.78 is 1.63. The summed E-state index contributed by atoms with van der Waals surface area (Å²) in [5.74, 6) is 1.46. The highest BCUT2D eigenvalue weighted by molar-refractivity contribution is 9.10. The van der Waals surface area contributed by atoms with Crippen LogP contribution in [-0.2, 0) is 6.42 Å². The third-order valence-corrected chi connectivity index (χ3v) is 5.65. The SMILES string of the molecule is CCc1ccc(-c2nc(=S)c(Br)c(C3CCCC3)[nH]2)cc1. The molecule has 1 heterocycles. The highest BCUT2D eigenvalue weighted by atomic mass is 79.9. The van der Waals surface area contributed by atoms with Crippen molar-refractivity contribution in [2.45, 2.75) is 44.9 Å². The Hall–Kier alpha value is -1.00. The average molecular weight is 363 g/mol. The smallest absolute Gasteiger partial charge is 0.144 e. The van der Waals surface area contributed by atoms with Gasteiger partial charge in [-0.3, -0.25) is 0 Å². The van der Waals surface area contributed by atoms with Gasteiger partial charge >= 0.3 is 0 Å². The van der Waals surface area contributed by atoms with Crippen LogP contribution in [0.25, 0.3) is 11.4 Å². The molecule has 0 bridgehead atoms. The first-order valence-electron chi connectivity index (χ1n) is 7.58. The summed E-state index contributed by atoms with van der Waals surface area (Å²) in [6.07, 6.45) is 6.14. The van der Waals surface area contributed by atoms with Crippen molar-refractivity contribution in [2.75, 3.05) is 0 Å². The minimum absolute atomic E-state index is 0.581. The molecule has 2 nitrogen and oxygen atoms in total. The summed E-state index contributed by atoms with van der Waals surface area (Å²) in [5.41, 5.74) is 3.66. The molecule has 0 saturated heterocycles. The van der Waals surface area contributed by atoms with Crippen LogP contribution < -0.4 is 0 Å². The normalized spacial score (nSPS) is 15.5. The number of rotatable bonds is 3. The molecule has 21 heavy (non-hydrogen) atoms. The van der Waals surface area contributed by atoms with Crippen LogP contribution in [0.5, 0.6) is 0 Å². The van der Waals surface area contributed by atoms with Gasteiger partial charge < -0.3 is 4.98 Å². The van der Waals surface area contributed by atoms with E-state index in [-0.39, 0.29) is 0 Å². The van der Waals surface area contributed by atoms with E-state index in [1.807, 2.05) is 0 Å². The van der Waals surface area contributed by atoms with Crippen molar-refractivity contribution in [3.63, 3.8) is 0 Å². The van der Waals surface area contributed by atoms with Crippen LogP contribution in [-0.4, -0.2) is 9.97 Å². The third kappa shape index (κ3) is 3.11. The molecule has 1 N–H and O–H groups in total. The average Bonchev–Trinajstić information content (AvgIpc) is 3.04. The summed E-state index contributed by atoms with van der Waals surface area (Å²) >= 11 is 9.06. The summed E-state index contributed by atoms with van der Waals surface area (Å²) in [5, 5.41) is 0. The Morgan fingerprint density at radius 1 is 1.24 bits per heavy atom. The standard InChI is InChI=1S/C17H19BrN2S/c1-2-11-7-9-13(10-8-11)16-19-15(12-5-3-4-6-12)14(18)17(21)20-16/h7-10,12H,2-6H2,1H3,(H,19,20,21). The predicted molar refractivity (Wildman–Crippen MR) is 93.1 cm³/mol. The van der Waals surface area contributed by atoms with E-state index in [4.69, 9.17) is 12.2 Å². The molecule has 4 heteroatoms. The molecule has 1 aromatic heterocycles. The number of halogens is 1. The minimum atomic E-state index is 0.581. The fourth-order valence-electron chi connectivity index (χ4n) is 3.01. The number of hydrogen-bond acceptors (Lipinski definition) is 2. The van der Waals surface area contributed by atoms with Crippen molar-refractivity contribution >= 4 is 28.1 Å². The Bertz CT molecular complexity index is 685. The maximum atomic E-state index is 5.43. The van der Waals surface area contributed by atoms with Crippen LogP contribution in [0.4, 0.5) is 0 Å². The first kappa shape index (κ1) is 14.9. The maximum Gasteiger partial charge on any atom is 0.144 e. The second kappa shape index (κ2) is 6.41. The Morgan fingerprint density at radius 3 is 2.52 bits per heavy atom. The monoisotopic (exact) mass is 362 g/mol. The number of aromatic nitrogens is 2. The molecular formula is C17H19BrN2S. The van der Waals surface area contributed by atoms with Gasteiger partial charge in [-0.2, -0.15) is 0 Å². The van der Waals surface area contributed by atoms with Crippen molar-refractivity contribution in [3.05, 3.63) is 44.6 Å². The number of aromatic amines is 1. The van der Waals surface area contributed by atoms with Crippen LogP contribution in [0.1, 0.15) is 49.8 Å². The first-order valence-corrected chi connectivity index (χ1v) is 8.78. The lowest BCUT2D eigenvalue weighted by atomic mass is 10.0. The maximum absolute atomic E-state index is 5.43. The van der Waals surface area contributed by atoms with E-state index in [2.05, 4.69) is 57.1 Å². The zero-order valence-corrected chi connectivity index (χ0v) is 14.6. The van der Waals surface area contributed by atoms with Crippen LogP contribution in [0, 0.1) is 4.64 Å². The third-order valence-electron chi connectivity index (χ3n) is 4.29. The molecule has 0 amide bonds. The second-order valence-corrected chi connectivity index (χ2v) is 6.83. The predicted octanol–water partition coefficient (Wildman–Crippen LogP) is 5.79. The number of hydrogen-bond donors (Lipinski definition) is 1. The van der Waals surface area contributed by atoms with Crippen molar-refractivity contribution in [3.8, 4) is 11.4 Å². The van der Waals surface area contributed by atoms with Gasteiger partial charge in [-0.05, 0) is 40.8 Å². The molecular weight excluding hydrogens is 344 g/mol. The highest BCUT2D eigenvalue weighted by Crippen LogP contribution is 2.37. The fraction of sp³-hybridized carbons (Fsp3) is 0.412. The number of aryl methyl sites for hydroxylation is 1. The van der Waals surface area contributed by atoms with Crippen molar-refractivity contribution in [1.82, 2.24) is 9.97 Å². The Labute approximate surface area is 139 Å². The lowest BCUT2D eigenvalue weighted by Gasteiger charge is -2.14. The second-order valence-electron chi connectivity index (χ2n) is 5.65. The lowest BCUT2D eigenvalue weighted by molar-refractivity contribution is 0.690. The molecule has 0 unspecified atom stereocenters. The van der Waals surface area contributed by atoms with Gasteiger partial charge in [0.2, 0.25) is 0 Å². The zero-order chi connectivity index (χ0) is 14.8. The van der Waals surface area contributed by atoms with Gasteiger partial charge in [0.15, 0.2) is 0 Å². The molecule has 2 aromatic rings. The lowest BCUT2D eigenvalue weighted by Crippen LogP contribution is -2.02. The van der Waals surface area contributed by atoms with E-state index in [0.717, 1.165) is 22.3 Å². The summed E-state index contributed by atoms with van der Waals surface area (Å²) in [4.78, 5) is 8.07. The molecule has 0 spiro atoms. The van der Waals surface area contributed by atoms with Crippen molar-refractivity contribution in [1.29, 1.82) is 0 Å². The molecule has 1 aliphatic rings. The Kier molecular flexibility index (Phi) is 4.55. The quantitative estimate of drug-likeness (QED) is 0.700. The summed E-state index contributed by atoms with van der Waals surface area (Å²) in [6, 6.07) is 8.56. The molecule has 0 radical (unpaired) electrons. The zero-order valence-electron chi connectivity index (χ0n) is 12.2. The number of nitrogens with zero attached hydrogens (tertiary/aromatic N) is 1. The molecule has 1 aliphatic carbocycles. The van der Waals surface area contributed by atoms with E-state index in [9.17, 15) is 0 Å². The van der Waals surface area contributed by atoms with Crippen LogP contribution >= 0.6 is 28.1 Å². The molecule has 0 aliphatic heterocycles. The van der Waals surface area contributed by atoms with Crippen molar-refractivity contribution in [2.24, 2.45) is 0 Å². The van der Waals surface area contributed by atoms with E-state index in [1.54, 1.807) is 0 Å². The summed E-state index contributed by atoms with van der Waals surface area (Å²) in [6.45, 7) is 2.17. The van der Waals surface area contributed by atoms with E-state index < -0.39 is 0 Å². The van der Waals surface area contributed by atoms with E-state index in [0.29, 0.717) is 10.6 Å². The largest absolute Gasteiger partial charge is 0.342 e. The van der Waals surface area contributed by atoms with Crippen LogP contribution in [0.15, 0.2) is 28.7 Å². The van der Waals surface area contributed by atoms with Gasteiger partial charge in [-0.15, -0.1) is 0 Å². The number of nitrogens with one attached hydrogen (secondary N) is 1. The van der Waals surface area contributed by atoms with E-state index >= 15 is 0 Å². The Balaban J connectivity index is 2.03. The van der Waals surface area contributed by atoms with Gasteiger partial charge in [-0.25, -0.2) is 4.98 Å². The van der Waals surface area contributed by atoms with Gasteiger partial charge in [0, 0.05) is 17.2 Å². The number of H-pyrrole nitrogens is 1. The van der Waals surface area contributed by atoms with Gasteiger partial charge in [-0.1, -0.05) is 56.2 Å². The summed E-state index contributed by atoms with van der Waals surface area (Å²) in [7, 11) is 0. The molecule has 1 fully saturated rings. The molecule has 0 atom stereocenters. The molecule has 3 rings (SSSR count). The molecule has 1 saturated carbocycles. The van der Waals surface area contributed by atoms with E-state index in [1.165, 1.54) is 36.9 Å². The highest BCUT2D eigenvalue weighted by Gasteiger charge is 2.21. The van der Waals surface area contributed by atoms with Gasteiger partial charge in [0.05, 0.1) is 4.47 Å². The number of benzene rings is 1. The Morgan fingerprint density at radius 2 is 1.90 bits per heavy atom. The van der Waals surface area contributed by atoms with Crippen LogP contribution in [0.3, 0.4) is 0 Å². The topological polar surface area (TPSA) is 28.7 Å². The van der Waals surface area contributed by atoms with Crippen LogP contribution in [0.2, 0.25) is 0 Å². The molecule has 110 valence electrons. The fourth-order valence-corrected chi connectivity index (χ4v) is 3.72. The minimum Gasteiger partial charge on any atom is -0.342 e. The van der Waals surface area contributed by atoms with Gasteiger partial charge in [0.1, 0.15) is 10.5 Å². The first-order chi connectivity index (χ1) is 10.2. The van der Waals surface area contributed by atoms with Gasteiger partial charge in [0.25, 0.3) is 0 Å². The molecule has 1 aromatic carbocycles. The van der Waals surface area contributed by atoms with Crippen molar-refractivity contribution < 1.29 is 0 Å².